The van der Waals surface area contributed by atoms with Gasteiger partial charge in [-0.25, -0.2) is 4.98 Å². The molecule has 176 valence electrons. The van der Waals surface area contributed by atoms with Crippen molar-refractivity contribution in [2.45, 2.75) is 39.7 Å². The number of aryl methyl sites for hydroxylation is 1. The van der Waals surface area contributed by atoms with Crippen LogP contribution in [0.2, 0.25) is 0 Å². The number of amides is 3. The summed E-state index contributed by atoms with van der Waals surface area (Å²) in [4.78, 5) is 42.9. The first-order valence-corrected chi connectivity index (χ1v) is 12.2. The van der Waals surface area contributed by atoms with Gasteiger partial charge in [-0.2, -0.15) is 0 Å². The van der Waals surface area contributed by atoms with E-state index >= 15 is 0 Å². The molecule has 2 heterocycles. The molecule has 0 bridgehead atoms. The first kappa shape index (κ1) is 23.6. The second kappa shape index (κ2) is 10.2. The lowest BCUT2D eigenvalue weighted by Crippen LogP contribution is -2.28. The Morgan fingerprint density at radius 2 is 1.85 bits per heavy atom. The molecule has 0 saturated carbocycles. The molecule has 2 atom stereocenters. The Labute approximate surface area is 203 Å². The maximum absolute atomic E-state index is 12.8. The largest absolute Gasteiger partial charge is 0.350 e. The molecule has 0 aliphatic carbocycles. The van der Waals surface area contributed by atoms with Crippen molar-refractivity contribution in [1.29, 1.82) is 0 Å². The van der Waals surface area contributed by atoms with Crippen molar-refractivity contribution in [2.24, 2.45) is 5.92 Å². The van der Waals surface area contributed by atoms with Crippen LogP contribution < -0.4 is 15.5 Å². The molecule has 1 saturated heterocycles. The molecule has 4 rings (SSSR count). The fourth-order valence-corrected chi connectivity index (χ4v) is 4.77. The van der Waals surface area contributed by atoms with Gasteiger partial charge in [0.2, 0.25) is 17.7 Å². The Kier molecular flexibility index (Phi) is 7.07. The number of benzene rings is 2. The molecule has 3 aromatic rings. The van der Waals surface area contributed by atoms with E-state index in [-0.39, 0.29) is 30.2 Å². The van der Waals surface area contributed by atoms with Gasteiger partial charge in [-0.05, 0) is 36.6 Å². The number of nitrogens with zero attached hydrogens (tertiary/aromatic N) is 2. The normalized spacial score (nSPS) is 16.4. The SMILES string of the molecule is CCc1ccc(N2C[C@H](C(=O)Nc3nc(-c4ccc([C@@H](C)NC(C)=O)cc4)cs3)CC2=O)cc1. The standard InChI is InChI=1S/C26H28N4O3S/c1-4-18-5-11-22(12-6-18)30-14-21(13-24(30)32)25(33)29-26-28-23(15-34-26)20-9-7-19(8-10-20)16(2)27-17(3)31/h5-12,15-16,21H,4,13-14H2,1-3H3,(H,27,31)(H,28,29,33)/t16-,21-/m1/s1. The number of thiazole rings is 1. The smallest absolute Gasteiger partial charge is 0.231 e. The van der Waals surface area contributed by atoms with Crippen molar-refractivity contribution in [3.05, 3.63) is 65.0 Å². The van der Waals surface area contributed by atoms with E-state index in [0.717, 1.165) is 28.9 Å². The summed E-state index contributed by atoms with van der Waals surface area (Å²) in [5.74, 6) is -0.725. The fraction of sp³-hybridized carbons (Fsp3) is 0.308. The van der Waals surface area contributed by atoms with E-state index in [1.165, 1.54) is 23.8 Å². The van der Waals surface area contributed by atoms with Crippen LogP contribution in [0.4, 0.5) is 10.8 Å². The van der Waals surface area contributed by atoms with Crippen molar-refractivity contribution < 1.29 is 14.4 Å². The van der Waals surface area contributed by atoms with Gasteiger partial charge in [0, 0.05) is 36.5 Å². The molecule has 1 aliphatic rings. The first-order valence-electron chi connectivity index (χ1n) is 11.4. The lowest BCUT2D eigenvalue weighted by Gasteiger charge is -2.17. The van der Waals surface area contributed by atoms with Crippen LogP contribution in [0, 0.1) is 5.92 Å². The highest BCUT2D eigenvalue weighted by Gasteiger charge is 2.35. The van der Waals surface area contributed by atoms with Crippen LogP contribution in [0.5, 0.6) is 0 Å². The van der Waals surface area contributed by atoms with Crippen molar-refractivity contribution >= 4 is 39.9 Å². The van der Waals surface area contributed by atoms with Crippen LogP contribution in [-0.2, 0) is 20.8 Å². The topological polar surface area (TPSA) is 91.4 Å². The third-order valence-electron chi connectivity index (χ3n) is 6.01. The summed E-state index contributed by atoms with van der Waals surface area (Å²) in [7, 11) is 0. The highest BCUT2D eigenvalue weighted by atomic mass is 32.1. The zero-order chi connectivity index (χ0) is 24.2. The maximum atomic E-state index is 12.8. The van der Waals surface area contributed by atoms with E-state index in [0.29, 0.717) is 11.7 Å². The lowest BCUT2D eigenvalue weighted by atomic mass is 10.1. The second-order valence-corrected chi connectivity index (χ2v) is 9.35. The minimum absolute atomic E-state index is 0.0437. The number of rotatable bonds is 7. The summed E-state index contributed by atoms with van der Waals surface area (Å²) in [6, 6.07) is 15.6. The minimum Gasteiger partial charge on any atom is -0.350 e. The second-order valence-electron chi connectivity index (χ2n) is 8.50. The number of carbonyl (C=O) groups excluding carboxylic acids is 3. The van der Waals surface area contributed by atoms with Gasteiger partial charge in [0.05, 0.1) is 17.7 Å². The number of hydrogen-bond donors (Lipinski definition) is 2. The molecular weight excluding hydrogens is 448 g/mol. The average molecular weight is 477 g/mol. The van der Waals surface area contributed by atoms with E-state index < -0.39 is 5.92 Å². The Morgan fingerprint density at radius 3 is 2.50 bits per heavy atom. The maximum Gasteiger partial charge on any atom is 0.231 e. The molecule has 2 aromatic carbocycles. The van der Waals surface area contributed by atoms with Crippen LogP contribution in [0.3, 0.4) is 0 Å². The predicted octanol–water partition coefficient (Wildman–Crippen LogP) is 4.56. The van der Waals surface area contributed by atoms with Gasteiger partial charge in [0.25, 0.3) is 0 Å². The first-order chi connectivity index (χ1) is 16.3. The van der Waals surface area contributed by atoms with Crippen LogP contribution in [0.1, 0.15) is 44.4 Å². The number of aromatic nitrogens is 1. The molecule has 0 spiro atoms. The van der Waals surface area contributed by atoms with Gasteiger partial charge >= 0.3 is 0 Å². The highest BCUT2D eigenvalue weighted by molar-refractivity contribution is 7.14. The van der Waals surface area contributed by atoms with E-state index in [1.807, 2.05) is 60.8 Å². The molecule has 1 aromatic heterocycles. The molecule has 0 radical (unpaired) electrons. The van der Waals surface area contributed by atoms with Crippen LogP contribution >= 0.6 is 11.3 Å². The minimum atomic E-state index is -0.416. The lowest BCUT2D eigenvalue weighted by molar-refractivity contribution is -0.122. The van der Waals surface area contributed by atoms with Gasteiger partial charge < -0.3 is 15.5 Å². The van der Waals surface area contributed by atoms with E-state index in [9.17, 15) is 14.4 Å². The third-order valence-corrected chi connectivity index (χ3v) is 6.77. The Bertz CT molecular complexity index is 1190. The number of anilines is 2. The molecule has 0 unspecified atom stereocenters. The molecule has 2 N–H and O–H groups in total. The van der Waals surface area contributed by atoms with Gasteiger partial charge in [-0.3, -0.25) is 14.4 Å². The zero-order valence-electron chi connectivity index (χ0n) is 19.5. The summed E-state index contributed by atoms with van der Waals surface area (Å²) in [5.41, 5.74) is 4.72. The molecule has 8 heteroatoms. The summed E-state index contributed by atoms with van der Waals surface area (Å²) in [6.07, 6.45) is 1.13. The molecule has 7 nitrogen and oxygen atoms in total. The van der Waals surface area contributed by atoms with E-state index in [2.05, 4.69) is 22.5 Å². The van der Waals surface area contributed by atoms with Crippen molar-refractivity contribution in [2.75, 3.05) is 16.8 Å². The monoisotopic (exact) mass is 476 g/mol. The van der Waals surface area contributed by atoms with Gasteiger partial charge in [0.15, 0.2) is 5.13 Å². The van der Waals surface area contributed by atoms with Gasteiger partial charge in [-0.15, -0.1) is 11.3 Å². The third kappa shape index (κ3) is 5.34. The number of nitrogens with one attached hydrogen (secondary N) is 2. The Morgan fingerprint density at radius 1 is 1.15 bits per heavy atom. The van der Waals surface area contributed by atoms with Crippen molar-refractivity contribution in [3.63, 3.8) is 0 Å². The molecule has 1 fully saturated rings. The Balaban J connectivity index is 1.38. The summed E-state index contributed by atoms with van der Waals surface area (Å²) >= 11 is 1.35. The van der Waals surface area contributed by atoms with Crippen LogP contribution in [-0.4, -0.2) is 29.3 Å². The molecule has 1 aliphatic heterocycles. The predicted molar refractivity (Wildman–Crippen MR) is 135 cm³/mol. The summed E-state index contributed by atoms with van der Waals surface area (Å²) < 4.78 is 0. The molecular formula is C26H28N4O3S. The number of hydrogen-bond acceptors (Lipinski definition) is 5. The zero-order valence-corrected chi connectivity index (χ0v) is 20.3. The van der Waals surface area contributed by atoms with Gasteiger partial charge in [-0.1, -0.05) is 43.3 Å². The fourth-order valence-electron chi connectivity index (χ4n) is 4.05. The van der Waals surface area contributed by atoms with Crippen molar-refractivity contribution in [3.8, 4) is 11.3 Å². The number of carbonyl (C=O) groups is 3. The summed E-state index contributed by atoms with van der Waals surface area (Å²) in [5, 5.41) is 8.14. The average Bonchev–Trinajstić information content (AvgIpc) is 3.45. The van der Waals surface area contributed by atoms with Crippen molar-refractivity contribution in [1.82, 2.24) is 10.3 Å². The summed E-state index contributed by atoms with van der Waals surface area (Å²) in [6.45, 7) is 5.88. The van der Waals surface area contributed by atoms with Crippen LogP contribution in [0.25, 0.3) is 11.3 Å². The quantitative estimate of drug-likeness (QED) is 0.523. The highest BCUT2D eigenvalue weighted by Crippen LogP contribution is 2.29. The van der Waals surface area contributed by atoms with E-state index in [1.54, 1.807) is 4.90 Å². The Hall–Kier alpha value is -3.52. The molecule has 34 heavy (non-hydrogen) atoms. The molecule has 3 amide bonds. The van der Waals surface area contributed by atoms with Gasteiger partial charge in [0.1, 0.15) is 0 Å². The van der Waals surface area contributed by atoms with E-state index in [4.69, 9.17) is 0 Å². The van der Waals surface area contributed by atoms with Crippen LogP contribution in [0.15, 0.2) is 53.9 Å².